The third-order valence-corrected chi connectivity index (χ3v) is 4.82. The van der Waals surface area contributed by atoms with E-state index in [1.165, 1.54) is 0 Å². The lowest BCUT2D eigenvalue weighted by molar-refractivity contribution is 0.0936. The number of hydrogen-bond donors (Lipinski definition) is 1. The molecule has 3 heterocycles. The first-order valence-corrected chi connectivity index (χ1v) is 9.50. The lowest BCUT2D eigenvalue weighted by atomic mass is 9.98. The van der Waals surface area contributed by atoms with Crippen LogP contribution in [0.15, 0.2) is 30.5 Å². The van der Waals surface area contributed by atoms with E-state index < -0.39 is 0 Å². The molecule has 0 aliphatic carbocycles. The van der Waals surface area contributed by atoms with Crippen molar-refractivity contribution in [3.63, 3.8) is 0 Å². The Hall–Kier alpha value is -2.37. The van der Waals surface area contributed by atoms with Crippen LogP contribution in [-0.2, 0) is 13.5 Å². The predicted octanol–water partition coefficient (Wildman–Crippen LogP) is 2.66. The van der Waals surface area contributed by atoms with Crippen LogP contribution in [0.1, 0.15) is 42.9 Å². The molecule has 1 aliphatic rings. The summed E-state index contributed by atoms with van der Waals surface area (Å²) in [6, 6.07) is 7.92. The van der Waals surface area contributed by atoms with Crippen LogP contribution < -0.4 is 10.2 Å². The molecule has 1 aliphatic heterocycles. The minimum Gasteiger partial charge on any atom is -0.356 e. The number of aromatic nitrogens is 3. The maximum absolute atomic E-state index is 12.6. The van der Waals surface area contributed by atoms with Crippen molar-refractivity contribution in [1.29, 1.82) is 0 Å². The van der Waals surface area contributed by atoms with E-state index in [-0.39, 0.29) is 5.91 Å². The summed E-state index contributed by atoms with van der Waals surface area (Å²) in [5.74, 6) is 1.96. The van der Waals surface area contributed by atoms with Crippen molar-refractivity contribution in [3.8, 4) is 0 Å². The third-order valence-electron chi connectivity index (χ3n) is 4.82. The Balaban J connectivity index is 1.55. The van der Waals surface area contributed by atoms with Crippen molar-refractivity contribution in [2.45, 2.75) is 33.1 Å². The molecule has 2 aromatic heterocycles. The smallest absolute Gasteiger partial charge is 0.269 e. The zero-order chi connectivity index (χ0) is 18.5. The number of carbonyl (C=O) groups is 1. The molecule has 3 rings (SSSR count). The molecule has 1 atom stereocenters. The van der Waals surface area contributed by atoms with Crippen LogP contribution in [-0.4, -0.2) is 40.3 Å². The van der Waals surface area contributed by atoms with Crippen LogP contribution in [0.4, 0.5) is 5.82 Å². The number of piperidine rings is 1. The van der Waals surface area contributed by atoms with Crippen LogP contribution in [0.3, 0.4) is 0 Å². The standard InChI is InChI=1S/C20H29N5O/c1-15(2)11-17-12-18(24(3)23-17)20(26)22-13-16-7-6-10-25(14-16)19-8-4-5-9-21-19/h4-5,8-9,12,15-16H,6-7,10-11,13-14H2,1-3H3,(H,22,26)/t16-/m1/s1. The summed E-state index contributed by atoms with van der Waals surface area (Å²) in [7, 11) is 1.84. The number of rotatable bonds is 6. The molecular formula is C20H29N5O. The van der Waals surface area contributed by atoms with Crippen molar-refractivity contribution in [2.24, 2.45) is 18.9 Å². The van der Waals surface area contributed by atoms with Gasteiger partial charge in [-0.05, 0) is 49.3 Å². The molecular weight excluding hydrogens is 326 g/mol. The van der Waals surface area contributed by atoms with E-state index in [2.05, 4.69) is 34.1 Å². The van der Waals surface area contributed by atoms with E-state index >= 15 is 0 Å². The van der Waals surface area contributed by atoms with Gasteiger partial charge in [-0.2, -0.15) is 5.10 Å². The number of hydrogen-bond acceptors (Lipinski definition) is 4. The fourth-order valence-corrected chi connectivity index (χ4v) is 3.57. The first-order chi connectivity index (χ1) is 12.5. The molecule has 1 saturated heterocycles. The Kier molecular flexibility index (Phi) is 5.91. The van der Waals surface area contributed by atoms with E-state index in [9.17, 15) is 4.79 Å². The zero-order valence-corrected chi connectivity index (χ0v) is 16.0. The van der Waals surface area contributed by atoms with Crippen LogP contribution in [0, 0.1) is 11.8 Å². The van der Waals surface area contributed by atoms with Gasteiger partial charge < -0.3 is 10.2 Å². The molecule has 6 heteroatoms. The van der Waals surface area contributed by atoms with Gasteiger partial charge in [0.2, 0.25) is 0 Å². The highest BCUT2D eigenvalue weighted by atomic mass is 16.2. The van der Waals surface area contributed by atoms with Gasteiger partial charge in [0, 0.05) is 32.9 Å². The van der Waals surface area contributed by atoms with Gasteiger partial charge >= 0.3 is 0 Å². The second-order valence-electron chi connectivity index (χ2n) is 7.59. The minimum atomic E-state index is -0.0371. The van der Waals surface area contributed by atoms with E-state index in [0.717, 1.165) is 43.9 Å². The molecule has 0 spiro atoms. The summed E-state index contributed by atoms with van der Waals surface area (Å²) < 4.78 is 1.69. The van der Waals surface area contributed by atoms with Gasteiger partial charge in [-0.1, -0.05) is 19.9 Å². The number of nitrogens with one attached hydrogen (secondary N) is 1. The molecule has 0 radical (unpaired) electrons. The lowest BCUT2D eigenvalue weighted by Crippen LogP contribution is -2.41. The largest absolute Gasteiger partial charge is 0.356 e. The van der Waals surface area contributed by atoms with Crippen LogP contribution >= 0.6 is 0 Å². The Bertz CT molecular complexity index is 725. The second kappa shape index (κ2) is 8.34. The predicted molar refractivity (Wildman–Crippen MR) is 103 cm³/mol. The number of anilines is 1. The molecule has 1 fully saturated rings. The normalized spacial score (nSPS) is 17.5. The maximum Gasteiger partial charge on any atom is 0.269 e. The van der Waals surface area contributed by atoms with E-state index in [1.807, 2.05) is 37.5 Å². The summed E-state index contributed by atoms with van der Waals surface area (Å²) >= 11 is 0. The van der Waals surface area contributed by atoms with Gasteiger partial charge in [0.25, 0.3) is 5.91 Å². The summed E-state index contributed by atoms with van der Waals surface area (Å²) in [4.78, 5) is 19.3. The van der Waals surface area contributed by atoms with Crippen LogP contribution in [0.2, 0.25) is 0 Å². The van der Waals surface area contributed by atoms with E-state index in [1.54, 1.807) is 4.68 Å². The number of aryl methyl sites for hydroxylation is 1. The van der Waals surface area contributed by atoms with Crippen molar-refractivity contribution >= 4 is 11.7 Å². The van der Waals surface area contributed by atoms with Gasteiger partial charge in [-0.25, -0.2) is 4.98 Å². The molecule has 0 saturated carbocycles. The fraction of sp³-hybridized carbons (Fsp3) is 0.550. The van der Waals surface area contributed by atoms with Crippen LogP contribution in [0.25, 0.3) is 0 Å². The summed E-state index contributed by atoms with van der Waals surface area (Å²) in [6.07, 6.45) is 4.98. The van der Waals surface area contributed by atoms with Crippen LogP contribution in [0.5, 0.6) is 0 Å². The highest BCUT2D eigenvalue weighted by molar-refractivity contribution is 5.92. The molecule has 2 aromatic rings. The first kappa shape index (κ1) is 18.4. The van der Waals surface area contributed by atoms with Gasteiger partial charge in [0.15, 0.2) is 0 Å². The molecule has 0 aromatic carbocycles. The summed E-state index contributed by atoms with van der Waals surface area (Å²) in [5.41, 5.74) is 1.62. The average molecular weight is 355 g/mol. The van der Waals surface area contributed by atoms with Crippen molar-refractivity contribution in [3.05, 3.63) is 41.9 Å². The highest BCUT2D eigenvalue weighted by Crippen LogP contribution is 2.21. The lowest BCUT2D eigenvalue weighted by Gasteiger charge is -2.33. The molecule has 26 heavy (non-hydrogen) atoms. The maximum atomic E-state index is 12.6. The zero-order valence-electron chi connectivity index (χ0n) is 16.0. The second-order valence-corrected chi connectivity index (χ2v) is 7.59. The Morgan fingerprint density at radius 2 is 2.23 bits per heavy atom. The van der Waals surface area contributed by atoms with Crippen molar-refractivity contribution < 1.29 is 4.79 Å². The molecule has 6 nitrogen and oxygen atoms in total. The van der Waals surface area contributed by atoms with E-state index in [0.29, 0.717) is 24.1 Å². The number of amides is 1. The monoisotopic (exact) mass is 355 g/mol. The topological polar surface area (TPSA) is 63.1 Å². The molecule has 0 unspecified atom stereocenters. The highest BCUT2D eigenvalue weighted by Gasteiger charge is 2.22. The molecule has 140 valence electrons. The Labute approximate surface area is 155 Å². The number of pyridine rings is 1. The molecule has 1 amide bonds. The van der Waals surface area contributed by atoms with E-state index in [4.69, 9.17) is 0 Å². The van der Waals surface area contributed by atoms with Gasteiger partial charge in [0.05, 0.1) is 5.69 Å². The number of carbonyl (C=O) groups excluding carboxylic acids is 1. The van der Waals surface area contributed by atoms with Crippen molar-refractivity contribution in [1.82, 2.24) is 20.1 Å². The average Bonchev–Trinajstić information content (AvgIpc) is 3.00. The summed E-state index contributed by atoms with van der Waals surface area (Å²) in [6.45, 7) is 6.96. The first-order valence-electron chi connectivity index (χ1n) is 9.50. The molecule has 0 bridgehead atoms. The minimum absolute atomic E-state index is 0.0371. The van der Waals surface area contributed by atoms with Gasteiger partial charge in [-0.15, -0.1) is 0 Å². The SMILES string of the molecule is CC(C)Cc1cc(C(=O)NC[C@H]2CCCN(c3ccccn3)C2)n(C)n1. The third kappa shape index (κ3) is 4.62. The summed E-state index contributed by atoms with van der Waals surface area (Å²) in [5, 5.41) is 7.56. The van der Waals surface area contributed by atoms with Gasteiger partial charge in [0.1, 0.15) is 11.5 Å². The molecule has 1 N–H and O–H groups in total. The van der Waals surface area contributed by atoms with Gasteiger partial charge in [-0.3, -0.25) is 9.48 Å². The van der Waals surface area contributed by atoms with Crippen molar-refractivity contribution in [2.75, 3.05) is 24.5 Å². The Morgan fingerprint density at radius 1 is 1.38 bits per heavy atom. The Morgan fingerprint density at radius 3 is 2.96 bits per heavy atom. The number of nitrogens with zero attached hydrogens (tertiary/aromatic N) is 4. The fourth-order valence-electron chi connectivity index (χ4n) is 3.57. The quantitative estimate of drug-likeness (QED) is 0.865.